The Morgan fingerprint density at radius 3 is 2.52 bits per heavy atom. The van der Waals surface area contributed by atoms with Crippen molar-refractivity contribution in [3.05, 3.63) is 47.0 Å². The number of nitrogens with zero attached hydrogens (tertiary/aromatic N) is 1. The highest BCUT2D eigenvalue weighted by molar-refractivity contribution is 7.13. The summed E-state index contributed by atoms with van der Waals surface area (Å²) >= 11 is 1.46. The van der Waals surface area contributed by atoms with E-state index in [0.29, 0.717) is 11.7 Å². The summed E-state index contributed by atoms with van der Waals surface area (Å²) in [5.41, 5.74) is 2.71. The smallest absolute Gasteiger partial charge is 0.281 e. The quantitative estimate of drug-likeness (QED) is 0.683. The molecule has 1 amide bonds. The maximum Gasteiger partial charge on any atom is 0.281 e. The van der Waals surface area contributed by atoms with Gasteiger partial charge in [0.1, 0.15) is 32.7 Å². The van der Waals surface area contributed by atoms with E-state index in [-0.39, 0.29) is 5.91 Å². The molecule has 3 N–H and O–H groups in total. The summed E-state index contributed by atoms with van der Waals surface area (Å²) in [5.74, 6) is 0.0666. The van der Waals surface area contributed by atoms with E-state index in [1.54, 1.807) is 11.1 Å². The minimum atomic E-state index is 0.0666. The Kier molecular flexibility index (Phi) is 5.38. The Morgan fingerprint density at radius 1 is 1.17 bits per heavy atom. The fourth-order valence-electron chi connectivity index (χ4n) is 2.98. The molecule has 2 heterocycles. The maximum absolute atomic E-state index is 12.0. The van der Waals surface area contributed by atoms with E-state index in [1.165, 1.54) is 27.4 Å². The number of hydrogen-bond acceptors (Lipinski definition) is 3. The van der Waals surface area contributed by atoms with Crippen molar-refractivity contribution < 1.29 is 14.6 Å². The van der Waals surface area contributed by atoms with E-state index in [0.717, 1.165) is 32.7 Å². The van der Waals surface area contributed by atoms with Crippen molar-refractivity contribution in [3.8, 4) is 0 Å². The van der Waals surface area contributed by atoms with Crippen molar-refractivity contribution >= 4 is 22.4 Å². The molecule has 0 spiro atoms. The molecule has 122 valence electrons. The number of rotatable bonds is 5. The Morgan fingerprint density at radius 2 is 1.87 bits per heavy atom. The van der Waals surface area contributed by atoms with Crippen LogP contribution in [0.3, 0.4) is 0 Å². The lowest BCUT2D eigenvalue weighted by Crippen LogP contribution is -3.28. The molecule has 0 radical (unpaired) electrons. The van der Waals surface area contributed by atoms with Crippen LogP contribution in [0.4, 0.5) is 5.13 Å². The third-order valence-electron chi connectivity index (χ3n) is 4.33. The van der Waals surface area contributed by atoms with Gasteiger partial charge in [0, 0.05) is 17.1 Å². The van der Waals surface area contributed by atoms with Crippen LogP contribution in [0, 0.1) is 6.92 Å². The minimum Gasteiger partial charge on any atom is -0.322 e. The molecule has 0 unspecified atom stereocenters. The van der Waals surface area contributed by atoms with Crippen LogP contribution in [0.25, 0.3) is 0 Å². The number of amides is 1. The van der Waals surface area contributed by atoms with Crippen molar-refractivity contribution in [3.63, 3.8) is 0 Å². The summed E-state index contributed by atoms with van der Waals surface area (Å²) in [6.45, 7) is 8.08. The second-order valence-electron chi connectivity index (χ2n) is 6.22. The third-order valence-corrected chi connectivity index (χ3v) is 5.02. The molecule has 1 saturated heterocycles. The van der Waals surface area contributed by atoms with Gasteiger partial charge in [-0.3, -0.25) is 10.1 Å². The van der Waals surface area contributed by atoms with E-state index in [2.05, 4.69) is 41.5 Å². The number of thiazole rings is 1. The highest BCUT2D eigenvalue weighted by Gasteiger charge is 2.25. The first-order valence-electron chi connectivity index (χ1n) is 8.11. The van der Waals surface area contributed by atoms with E-state index >= 15 is 0 Å². The highest BCUT2D eigenvalue weighted by atomic mass is 32.1. The van der Waals surface area contributed by atoms with Gasteiger partial charge >= 0.3 is 0 Å². The van der Waals surface area contributed by atoms with Crippen LogP contribution in [-0.2, 0) is 11.3 Å². The zero-order valence-corrected chi connectivity index (χ0v) is 14.3. The summed E-state index contributed by atoms with van der Waals surface area (Å²) in [5, 5.41) is 5.43. The maximum atomic E-state index is 12.0. The van der Waals surface area contributed by atoms with Gasteiger partial charge in [-0.1, -0.05) is 29.8 Å². The summed E-state index contributed by atoms with van der Waals surface area (Å²) < 4.78 is 0. The molecule has 1 aliphatic rings. The normalized spacial score (nSPS) is 21.1. The fraction of sp³-hybridized carbons (Fsp3) is 0.412. The predicted molar refractivity (Wildman–Crippen MR) is 91.9 cm³/mol. The number of piperazine rings is 1. The SMILES string of the molecule is Cc1ccc(C[NH+]2CC[NH+](CC(=O)Nc3nccs3)CC2)cc1. The van der Waals surface area contributed by atoms with Gasteiger partial charge < -0.3 is 9.80 Å². The van der Waals surface area contributed by atoms with Crippen molar-refractivity contribution in [2.24, 2.45) is 0 Å². The summed E-state index contributed by atoms with van der Waals surface area (Å²) in [6.07, 6.45) is 1.71. The molecule has 2 aromatic rings. The monoisotopic (exact) mass is 332 g/mol. The second-order valence-corrected chi connectivity index (χ2v) is 7.12. The van der Waals surface area contributed by atoms with Crippen LogP contribution in [0.5, 0.6) is 0 Å². The molecule has 0 aliphatic carbocycles. The average molecular weight is 332 g/mol. The number of anilines is 1. The Balaban J connectivity index is 1.41. The molecule has 6 heteroatoms. The first kappa shape index (κ1) is 16.1. The number of nitrogens with one attached hydrogen (secondary N) is 3. The van der Waals surface area contributed by atoms with Gasteiger partial charge in [0.2, 0.25) is 0 Å². The average Bonchev–Trinajstić information content (AvgIpc) is 3.04. The topological polar surface area (TPSA) is 50.9 Å². The van der Waals surface area contributed by atoms with Gasteiger partial charge in [0.15, 0.2) is 11.7 Å². The first-order valence-corrected chi connectivity index (χ1v) is 8.99. The van der Waals surface area contributed by atoms with E-state index in [9.17, 15) is 4.79 Å². The molecule has 0 bridgehead atoms. The Bertz CT molecular complexity index is 619. The number of hydrogen-bond donors (Lipinski definition) is 3. The number of aryl methyl sites for hydroxylation is 1. The minimum absolute atomic E-state index is 0.0666. The van der Waals surface area contributed by atoms with E-state index in [1.807, 2.05) is 5.38 Å². The standard InChI is InChI=1S/C17H22N4OS/c1-14-2-4-15(5-3-14)12-20-7-9-21(10-8-20)13-16(22)19-17-18-6-11-23-17/h2-6,11H,7-10,12-13H2,1H3,(H,18,19,22)/p+2. The van der Waals surface area contributed by atoms with Crippen molar-refractivity contribution in [1.82, 2.24) is 4.98 Å². The second kappa shape index (κ2) is 7.68. The largest absolute Gasteiger partial charge is 0.322 e. The molecule has 1 fully saturated rings. The molecule has 1 aromatic carbocycles. The molecule has 5 nitrogen and oxygen atoms in total. The number of aromatic nitrogens is 1. The van der Waals surface area contributed by atoms with Crippen LogP contribution in [0.15, 0.2) is 35.8 Å². The summed E-state index contributed by atoms with van der Waals surface area (Å²) in [4.78, 5) is 19.1. The molecule has 1 aliphatic heterocycles. The van der Waals surface area contributed by atoms with Crippen LogP contribution in [-0.4, -0.2) is 43.6 Å². The highest BCUT2D eigenvalue weighted by Crippen LogP contribution is 2.09. The summed E-state index contributed by atoms with van der Waals surface area (Å²) in [7, 11) is 0. The van der Waals surface area contributed by atoms with Gasteiger partial charge in [-0.05, 0) is 6.92 Å². The fourth-order valence-corrected chi connectivity index (χ4v) is 3.53. The third kappa shape index (κ3) is 4.86. The van der Waals surface area contributed by atoms with Crippen molar-refractivity contribution in [2.45, 2.75) is 13.5 Å². The zero-order valence-electron chi connectivity index (χ0n) is 13.5. The molecule has 0 atom stereocenters. The Hall–Kier alpha value is -1.76. The van der Waals surface area contributed by atoms with Gasteiger partial charge in [-0.15, -0.1) is 11.3 Å². The van der Waals surface area contributed by atoms with Gasteiger partial charge in [-0.2, -0.15) is 0 Å². The van der Waals surface area contributed by atoms with Gasteiger partial charge in [0.25, 0.3) is 5.91 Å². The lowest BCUT2D eigenvalue weighted by Gasteiger charge is -2.29. The summed E-state index contributed by atoms with van der Waals surface area (Å²) in [6, 6.07) is 8.81. The Labute approximate surface area is 140 Å². The molecule has 3 rings (SSSR count). The molecular weight excluding hydrogens is 308 g/mol. The lowest BCUT2D eigenvalue weighted by atomic mass is 10.1. The number of quaternary nitrogens is 2. The van der Waals surface area contributed by atoms with Crippen LogP contribution < -0.4 is 15.1 Å². The zero-order chi connectivity index (χ0) is 16.1. The molecular formula is C17H24N4OS+2. The van der Waals surface area contributed by atoms with Crippen LogP contribution >= 0.6 is 11.3 Å². The first-order chi connectivity index (χ1) is 11.2. The van der Waals surface area contributed by atoms with Gasteiger partial charge in [0.05, 0.1) is 0 Å². The van der Waals surface area contributed by atoms with E-state index in [4.69, 9.17) is 0 Å². The van der Waals surface area contributed by atoms with Gasteiger partial charge in [-0.25, -0.2) is 4.98 Å². The number of benzene rings is 1. The van der Waals surface area contributed by atoms with Crippen LogP contribution in [0.1, 0.15) is 11.1 Å². The van der Waals surface area contributed by atoms with Crippen LogP contribution in [0.2, 0.25) is 0 Å². The van der Waals surface area contributed by atoms with Crippen molar-refractivity contribution in [1.29, 1.82) is 0 Å². The molecule has 23 heavy (non-hydrogen) atoms. The predicted octanol–water partition coefficient (Wildman–Crippen LogP) is -0.626. The lowest BCUT2D eigenvalue weighted by molar-refractivity contribution is -1.02. The molecule has 0 saturated carbocycles. The van der Waals surface area contributed by atoms with Crippen molar-refractivity contribution in [2.75, 3.05) is 38.0 Å². The number of carbonyl (C=O) groups excluding carboxylic acids is 1. The molecule has 1 aromatic heterocycles. The van der Waals surface area contributed by atoms with E-state index < -0.39 is 0 Å². The number of carbonyl (C=O) groups is 1.